The lowest BCUT2D eigenvalue weighted by molar-refractivity contribution is -0.134. The zero-order chi connectivity index (χ0) is 20.5. The molecule has 0 aliphatic carbocycles. The Labute approximate surface area is 168 Å². The van der Waals surface area contributed by atoms with Crippen LogP contribution in [0.25, 0.3) is 11.1 Å². The Morgan fingerprint density at radius 3 is 2.25 bits per heavy atom. The zero-order valence-corrected chi connectivity index (χ0v) is 16.7. The molecule has 148 valence electrons. The molecule has 7 heteroatoms. The lowest BCUT2D eigenvalue weighted by Gasteiger charge is -2.20. The van der Waals surface area contributed by atoms with Gasteiger partial charge in [-0.25, -0.2) is 9.59 Å². The van der Waals surface area contributed by atoms with E-state index in [1.807, 2.05) is 12.4 Å². The van der Waals surface area contributed by atoms with Gasteiger partial charge in [-0.05, 0) is 62.0 Å². The molecule has 0 bridgehead atoms. The Balaban J connectivity index is 0.000000300. The number of likely N-dealkylation sites (tertiary alicyclic amines) is 1. The molecule has 1 fully saturated rings. The van der Waals surface area contributed by atoms with Crippen LogP contribution >= 0.6 is 11.8 Å². The number of hydrogen-bond donors (Lipinski definition) is 2. The molecule has 2 heterocycles. The van der Waals surface area contributed by atoms with Gasteiger partial charge < -0.3 is 10.2 Å². The van der Waals surface area contributed by atoms with Gasteiger partial charge in [0.05, 0.1) is 0 Å². The van der Waals surface area contributed by atoms with Gasteiger partial charge in [0.2, 0.25) is 0 Å². The molecule has 1 atom stereocenters. The van der Waals surface area contributed by atoms with Gasteiger partial charge >= 0.3 is 11.9 Å². The van der Waals surface area contributed by atoms with Crippen molar-refractivity contribution in [3.8, 4) is 11.1 Å². The van der Waals surface area contributed by atoms with E-state index in [9.17, 15) is 9.59 Å². The third-order valence-corrected chi connectivity index (χ3v) is 5.20. The SMILES string of the molecule is CSc1ccc(-c2cncc(C3CCCN3C)c2)cc1.O=C(O)/C=C/C(=O)O. The second-order valence-corrected chi connectivity index (χ2v) is 7.26. The third-order valence-electron chi connectivity index (χ3n) is 4.46. The first-order chi connectivity index (χ1) is 13.4. The summed E-state index contributed by atoms with van der Waals surface area (Å²) in [5, 5.41) is 15.6. The maximum absolute atomic E-state index is 9.55. The predicted octanol–water partition coefficient (Wildman–Crippen LogP) is 3.95. The Morgan fingerprint density at radius 2 is 1.75 bits per heavy atom. The fourth-order valence-corrected chi connectivity index (χ4v) is 3.46. The Kier molecular flexibility index (Phi) is 8.22. The highest BCUT2D eigenvalue weighted by atomic mass is 32.2. The molecule has 1 aliphatic rings. The minimum atomic E-state index is -1.26. The molecule has 0 amide bonds. The van der Waals surface area contributed by atoms with Crippen molar-refractivity contribution < 1.29 is 19.8 Å². The highest BCUT2D eigenvalue weighted by Crippen LogP contribution is 2.32. The molecule has 1 aromatic carbocycles. The number of thioether (sulfide) groups is 1. The second-order valence-electron chi connectivity index (χ2n) is 6.38. The molecule has 0 spiro atoms. The molecular formula is C21H24N2O4S. The van der Waals surface area contributed by atoms with Gasteiger partial charge in [-0.2, -0.15) is 0 Å². The van der Waals surface area contributed by atoms with Crippen molar-refractivity contribution in [2.45, 2.75) is 23.8 Å². The van der Waals surface area contributed by atoms with E-state index in [1.165, 1.54) is 41.0 Å². The highest BCUT2D eigenvalue weighted by Gasteiger charge is 2.22. The topological polar surface area (TPSA) is 90.7 Å². The van der Waals surface area contributed by atoms with E-state index in [0.717, 1.165) is 0 Å². The van der Waals surface area contributed by atoms with Crippen LogP contribution in [-0.4, -0.2) is 51.9 Å². The monoisotopic (exact) mass is 400 g/mol. The molecule has 3 rings (SSSR count). The van der Waals surface area contributed by atoms with Crippen molar-refractivity contribution >= 4 is 23.7 Å². The number of hydrogen-bond acceptors (Lipinski definition) is 5. The quantitative estimate of drug-likeness (QED) is 0.580. The summed E-state index contributed by atoms with van der Waals surface area (Å²) in [5.74, 6) is -2.51. The average Bonchev–Trinajstić information content (AvgIpc) is 3.13. The van der Waals surface area contributed by atoms with E-state index < -0.39 is 11.9 Å². The third kappa shape index (κ3) is 6.51. The van der Waals surface area contributed by atoms with E-state index in [0.29, 0.717) is 18.2 Å². The summed E-state index contributed by atoms with van der Waals surface area (Å²) in [4.78, 5) is 27.3. The minimum absolute atomic E-state index is 0.535. The van der Waals surface area contributed by atoms with Crippen LogP contribution in [0.4, 0.5) is 0 Å². The number of carbonyl (C=O) groups is 2. The van der Waals surface area contributed by atoms with E-state index in [4.69, 9.17) is 10.2 Å². The van der Waals surface area contributed by atoms with E-state index in [2.05, 4.69) is 53.5 Å². The number of carboxylic acids is 2. The summed E-state index contributed by atoms with van der Waals surface area (Å²) in [7, 11) is 2.21. The lowest BCUT2D eigenvalue weighted by atomic mass is 10.0. The highest BCUT2D eigenvalue weighted by molar-refractivity contribution is 7.98. The first-order valence-electron chi connectivity index (χ1n) is 8.84. The molecule has 6 nitrogen and oxygen atoms in total. The van der Waals surface area contributed by atoms with Gasteiger partial charge in [0.25, 0.3) is 0 Å². The summed E-state index contributed by atoms with van der Waals surface area (Å²) < 4.78 is 0. The number of aliphatic carboxylic acids is 2. The second kappa shape index (κ2) is 10.6. The molecular weight excluding hydrogens is 376 g/mol. The van der Waals surface area contributed by atoms with Gasteiger partial charge in [0.1, 0.15) is 0 Å². The summed E-state index contributed by atoms with van der Waals surface area (Å²) in [6.07, 6.45) is 9.73. The molecule has 1 saturated heterocycles. The zero-order valence-electron chi connectivity index (χ0n) is 15.9. The number of aromatic nitrogens is 1. The van der Waals surface area contributed by atoms with Crippen molar-refractivity contribution in [3.63, 3.8) is 0 Å². The maximum atomic E-state index is 9.55. The van der Waals surface area contributed by atoms with Gasteiger partial charge in [0.15, 0.2) is 0 Å². The molecule has 1 unspecified atom stereocenters. The molecule has 2 N–H and O–H groups in total. The molecule has 2 aromatic rings. The normalized spacial score (nSPS) is 16.6. The summed E-state index contributed by atoms with van der Waals surface area (Å²) in [6.45, 7) is 1.19. The summed E-state index contributed by atoms with van der Waals surface area (Å²) in [5.41, 5.74) is 3.81. The molecule has 1 aliphatic heterocycles. The van der Waals surface area contributed by atoms with Crippen LogP contribution in [0.15, 0.2) is 59.8 Å². The van der Waals surface area contributed by atoms with Crippen LogP contribution in [-0.2, 0) is 9.59 Å². The van der Waals surface area contributed by atoms with Gasteiger partial charge in [-0.15, -0.1) is 11.8 Å². The van der Waals surface area contributed by atoms with Crippen molar-refractivity contribution in [2.75, 3.05) is 19.8 Å². The van der Waals surface area contributed by atoms with E-state index in [1.54, 1.807) is 11.8 Å². The van der Waals surface area contributed by atoms with Gasteiger partial charge in [-0.1, -0.05) is 12.1 Å². The predicted molar refractivity (Wildman–Crippen MR) is 110 cm³/mol. The number of benzene rings is 1. The Morgan fingerprint density at radius 1 is 1.11 bits per heavy atom. The fraction of sp³-hybridized carbons (Fsp3) is 0.286. The van der Waals surface area contributed by atoms with Crippen LogP contribution in [0, 0.1) is 0 Å². The number of rotatable bonds is 5. The number of nitrogens with zero attached hydrogens (tertiary/aromatic N) is 2. The first kappa shape index (κ1) is 21.7. The number of carboxylic acid groups (broad SMARTS) is 2. The number of pyridine rings is 1. The fourth-order valence-electron chi connectivity index (χ4n) is 3.06. The van der Waals surface area contributed by atoms with Crippen molar-refractivity contribution in [3.05, 3.63) is 60.4 Å². The summed E-state index contributed by atoms with van der Waals surface area (Å²) in [6, 6.07) is 11.6. The van der Waals surface area contributed by atoms with Crippen molar-refractivity contribution in [2.24, 2.45) is 0 Å². The standard InChI is InChI=1S/C17H20N2S.C4H4O4/c1-19-9-3-4-17(19)15-10-14(11-18-12-15)13-5-7-16(20-2)8-6-13;5-3(6)1-2-4(7)8/h5-8,10-12,17H,3-4,9H2,1-2H3;1-2H,(H,5,6)(H,7,8)/b;2-1+. The van der Waals surface area contributed by atoms with Gasteiger partial charge in [-0.3, -0.25) is 9.88 Å². The van der Waals surface area contributed by atoms with Crippen molar-refractivity contribution in [1.29, 1.82) is 0 Å². The molecule has 0 radical (unpaired) electrons. The smallest absolute Gasteiger partial charge is 0.328 e. The van der Waals surface area contributed by atoms with Crippen LogP contribution in [0.3, 0.4) is 0 Å². The van der Waals surface area contributed by atoms with E-state index >= 15 is 0 Å². The molecule has 0 saturated carbocycles. The van der Waals surface area contributed by atoms with E-state index in [-0.39, 0.29) is 0 Å². The van der Waals surface area contributed by atoms with Gasteiger partial charge in [0, 0.05) is 41.0 Å². The van der Waals surface area contributed by atoms with Crippen LogP contribution in [0.1, 0.15) is 24.4 Å². The van der Waals surface area contributed by atoms with Crippen LogP contribution < -0.4 is 0 Å². The Bertz CT molecular complexity index is 821. The lowest BCUT2D eigenvalue weighted by Crippen LogP contribution is -2.17. The largest absolute Gasteiger partial charge is 0.478 e. The average molecular weight is 401 g/mol. The van der Waals surface area contributed by atoms with Crippen LogP contribution in [0.5, 0.6) is 0 Å². The molecule has 28 heavy (non-hydrogen) atoms. The first-order valence-corrected chi connectivity index (χ1v) is 10.1. The minimum Gasteiger partial charge on any atom is -0.478 e. The summed E-state index contributed by atoms with van der Waals surface area (Å²) >= 11 is 1.77. The molecule has 1 aromatic heterocycles. The van der Waals surface area contributed by atoms with Crippen molar-refractivity contribution in [1.82, 2.24) is 9.88 Å². The Hall–Kier alpha value is -2.64. The maximum Gasteiger partial charge on any atom is 0.328 e. The van der Waals surface area contributed by atoms with Crippen LogP contribution in [0.2, 0.25) is 0 Å².